The third-order valence-corrected chi connectivity index (χ3v) is 5.80. The Morgan fingerprint density at radius 3 is 1.89 bits per heavy atom. The van der Waals surface area contributed by atoms with Crippen molar-refractivity contribution >= 4 is 0 Å². The monoisotopic (exact) mass is 383 g/mol. The maximum atomic E-state index is 2.50. The number of hydrogen-bond donors (Lipinski definition) is 0. The van der Waals surface area contributed by atoms with Gasteiger partial charge in [-0.15, -0.1) is 0 Å². The highest BCUT2D eigenvalue weighted by Gasteiger charge is 2.17. The number of aromatic nitrogens is 2. The summed E-state index contributed by atoms with van der Waals surface area (Å²) in [6.07, 6.45) is 23.6. The van der Waals surface area contributed by atoms with Gasteiger partial charge in [-0.2, -0.15) is 4.57 Å². The number of aryl methyl sites for hydroxylation is 1. The summed E-state index contributed by atoms with van der Waals surface area (Å²) in [6.45, 7) is 5.73. The van der Waals surface area contributed by atoms with Crippen LogP contribution in [-0.4, -0.2) is 4.57 Å². The first kappa shape index (κ1) is 22.7. The van der Waals surface area contributed by atoms with Crippen molar-refractivity contribution in [2.45, 2.75) is 110 Å². The number of unbranched alkanes of at least 4 members (excludes halogenated alkanes) is 11. The first-order chi connectivity index (χ1) is 13.9. The topological polar surface area (TPSA) is 8.81 Å². The van der Waals surface area contributed by atoms with E-state index in [4.69, 9.17) is 0 Å². The van der Waals surface area contributed by atoms with Crippen molar-refractivity contribution in [2.24, 2.45) is 0 Å². The standard InChI is InChI=1S/C26H43N2/c1-3-5-7-8-9-10-11-12-13-17-21-26-27(22-18-6-4-2)23-24-28(26)25-19-15-14-16-20-25/h14-16,19-20,23-24H,3-13,17-18,21-22H2,1-2H3/q+1. The first-order valence-corrected chi connectivity index (χ1v) is 12.0. The molecule has 0 amide bonds. The molecule has 0 unspecified atom stereocenters. The van der Waals surface area contributed by atoms with E-state index >= 15 is 0 Å². The number of imidazole rings is 1. The van der Waals surface area contributed by atoms with Crippen LogP contribution in [0.3, 0.4) is 0 Å². The molecule has 0 saturated carbocycles. The Kier molecular flexibility index (Phi) is 11.7. The number of para-hydroxylation sites is 1. The fourth-order valence-corrected chi connectivity index (χ4v) is 4.05. The highest BCUT2D eigenvalue weighted by molar-refractivity contribution is 5.31. The Balaban J connectivity index is 1.79. The zero-order valence-corrected chi connectivity index (χ0v) is 18.5. The summed E-state index contributed by atoms with van der Waals surface area (Å²) >= 11 is 0. The first-order valence-electron chi connectivity index (χ1n) is 12.0. The zero-order chi connectivity index (χ0) is 19.9. The summed E-state index contributed by atoms with van der Waals surface area (Å²) < 4.78 is 4.90. The molecular weight excluding hydrogens is 340 g/mol. The number of rotatable bonds is 16. The van der Waals surface area contributed by atoms with Gasteiger partial charge in [0.25, 0.3) is 5.82 Å². The number of nitrogens with zero attached hydrogens (tertiary/aromatic N) is 2. The summed E-state index contributed by atoms with van der Waals surface area (Å²) in [6, 6.07) is 10.8. The summed E-state index contributed by atoms with van der Waals surface area (Å²) in [5.41, 5.74) is 1.29. The van der Waals surface area contributed by atoms with E-state index in [1.165, 1.54) is 101 Å². The van der Waals surface area contributed by atoms with E-state index in [1.54, 1.807) is 0 Å². The molecule has 2 aromatic rings. The molecule has 0 fully saturated rings. The third-order valence-electron chi connectivity index (χ3n) is 5.80. The Labute approximate surface area is 174 Å². The predicted octanol–water partition coefficient (Wildman–Crippen LogP) is 7.42. The van der Waals surface area contributed by atoms with Gasteiger partial charge in [-0.05, 0) is 31.4 Å². The second-order valence-electron chi connectivity index (χ2n) is 8.25. The Morgan fingerprint density at radius 2 is 1.25 bits per heavy atom. The second kappa shape index (κ2) is 14.4. The fraction of sp³-hybridized carbons (Fsp3) is 0.654. The Hall–Kier alpha value is -1.57. The molecule has 0 spiro atoms. The lowest BCUT2D eigenvalue weighted by Gasteiger charge is -2.06. The van der Waals surface area contributed by atoms with Crippen LogP contribution in [0.4, 0.5) is 0 Å². The summed E-state index contributed by atoms with van der Waals surface area (Å²) in [5.74, 6) is 1.47. The lowest BCUT2D eigenvalue weighted by atomic mass is 10.1. The van der Waals surface area contributed by atoms with Crippen LogP contribution in [0.2, 0.25) is 0 Å². The molecule has 2 nitrogen and oxygen atoms in total. The molecule has 1 aromatic carbocycles. The molecule has 2 heteroatoms. The molecule has 0 radical (unpaired) electrons. The van der Waals surface area contributed by atoms with Gasteiger partial charge < -0.3 is 0 Å². The maximum Gasteiger partial charge on any atom is 0.261 e. The van der Waals surface area contributed by atoms with E-state index in [0.717, 1.165) is 6.54 Å². The van der Waals surface area contributed by atoms with Crippen LogP contribution < -0.4 is 4.57 Å². The van der Waals surface area contributed by atoms with E-state index < -0.39 is 0 Å². The van der Waals surface area contributed by atoms with E-state index in [-0.39, 0.29) is 0 Å². The minimum atomic E-state index is 1.15. The van der Waals surface area contributed by atoms with Gasteiger partial charge in [0, 0.05) is 6.42 Å². The molecular formula is C26H43N2+. The van der Waals surface area contributed by atoms with Crippen molar-refractivity contribution < 1.29 is 4.57 Å². The molecule has 156 valence electrons. The van der Waals surface area contributed by atoms with Gasteiger partial charge in [-0.1, -0.05) is 96.3 Å². The molecule has 0 atom stereocenters. The minimum Gasteiger partial charge on any atom is -0.234 e. The maximum absolute atomic E-state index is 2.50. The number of benzene rings is 1. The van der Waals surface area contributed by atoms with E-state index in [2.05, 4.69) is 65.7 Å². The van der Waals surface area contributed by atoms with Crippen molar-refractivity contribution in [3.05, 3.63) is 48.5 Å². The average molecular weight is 384 g/mol. The van der Waals surface area contributed by atoms with Gasteiger partial charge in [0.2, 0.25) is 0 Å². The predicted molar refractivity (Wildman–Crippen MR) is 121 cm³/mol. The summed E-state index contributed by atoms with van der Waals surface area (Å²) in [5, 5.41) is 0. The van der Waals surface area contributed by atoms with Crippen molar-refractivity contribution in [2.75, 3.05) is 0 Å². The molecule has 0 bridgehead atoms. The second-order valence-corrected chi connectivity index (χ2v) is 8.25. The molecule has 28 heavy (non-hydrogen) atoms. The quantitative estimate of drug-likeness (QED) is 0.211. The van der Waals surface area contributed by atoms with Crippen LogP contribution in [0.5, 0.6) is 0 Å². The van der Waals surface area contributed by atoms with Gasteiger partial charge in [0.15, 0.2) is 0 Å². The molecule has 1 heterocycles. The highest BCUT2D eigenvalue weighted by atomic mass is 15.1. The zero-order valence-electron chi connectivity index (χ0n) is 18.5. The van der Waals surface area contributed by atoms with Crippen molar-refractivity contribution in [1.82, 2.24) is 4.57 Å². The van der Waals surface area contributed by atoms with Crippen LogP contribution in [0.25, 0.3) is 5.69 Å². The fourth-order valence-electron chi connectivity index (χ4n) is 4.05. The molecule has 0 aliphatic carbocycles. The lowest BCUT2D eigenvalue weighted by Crippen LogP contribution is -2.37. The largest absolute Gasteiger partial charge is 0.261 e. The van der Waals surface area contributed by atoms with Gasteiger partial charge in [-0.3, -0.25) is 0 Å². The molecule has 0 N–H and O–H groups in total. The smallest absolute Gasteiger partial charge is 0.234 e. The van der Waals surface area contributed by atoms with Crippen molar-refractivity contribution in [1.29, 1.82) is 0 Å². The van der Waals surface area contributed by atoms with E-state index in [9.17, 15) is 0 Å². The van der Waals surface area contributed by atoms with Crippen LogP contribution in [0.15, 0.2) is 42.7 Å². The third kappa shape index (κ3) is 8.20. The molecule has 0 aliphatic heterocycles. The highest BCUT2D eigenvalue weighted by Crippen LogP contribution is 2.14. The van der Waals surface area contributed by atoms with Gasteiger partial charge in [-0.25, -0.2) is 4.57 Å². The molecule has 0 saturated heterocycles. The van der Waals surface area contributed by atoms with Gasteiger partial charge in [0.05, 0.1) is 6.54 Å². The van der Waals surface area contributed by atoms with E-state index in [1.807, 2.05) is 0 Å². The lowest BCUT2D eigenvalue weighted by molar-refractivity contribution is -0.704. The summed E-state index contributed by atoms with van der Waals surface area (Å²) in [4.78, 5) is 0. The normalized spacial score (nSPS) is 11.2. The summed E-state index contributed by atoms with van der Waals surface area (Å²) in [7, 11) is 0. The van der Waals surface area contributed by atoms with E-state index in [0.29, 0.717) is 0 Å². The van der Waals surface area contributed by atoms with Gasteiger partial charge in [0.1, 0.15) is 18.1 Å². The average Bonchev–Trinajstić information content (AvgIpc) is 3.13. The molecule has 2 rings (SSSR count). The van der Waals surface area contributed by atoms with Crippen LogP contribution in [0.1, 0.15) is 103 Å². The SMILES string of the molecule is CCCCCCCCCCCCc1n(-c2ccccc2)cc[n+]1CCCCC. The van der Waals surface area contributed by atoms with Crippen LogP contribution >= 0.6 is 0 Å². The van der Waals surface area contributed by atoms with Crippen LogP contribution in [0, 0.1) is 0 Å². The van der Waals surface area contributed by atoms with Gasteiger partial charge >= 0.3 is 0 Å². The minimum absolute atomic E-state index is 1.15. The van der Waals surface area contributed by atoms with Crippen LogP contribution in [-0.2, 0) is 13.0 Å². The Morgan fingerprint density at radius 1 is 0.679 bits per heavy atom. The van der Waals surface area contributed by atoms with Crippen molar-refractivity contribution in [3.63, 3.8) is 0 Å². The van der Waals surface area contributed by atoms with Crippen molar-refractivity contribution in [3.8, 4) is 5.69 Å². The molecule has 1 aromatic heterocycles. The number of hydrogen-bond acceptors (Lipinski definition) is 0. The Bertz CT molecular complexity index is 615. The molecule has 0 aliphatic rings.